The normalized spacial score (nSPS) is 13.3. The van der Waals surface area contributed by atoms with E-state index in [1.807, 2.05) is 18.2 Å². The van der Waals surface area contributed by atoms with Crippen LogP contribution in [0.2, 0.25) is 0 Å². The van der Waals surface area contributed by atoms with Gasteiger partial charge in [0.15, 0.2) is 0 Å². The molecule has 3 heteroatoms. The second-order valence-electron chi connectivity index (χ2n) is 4.87. The van der Waals surface area contributed by atoms with Gasteiger partial charge < -0.3 is 15.3 Å². The monoisotopic (exact) mass is 221 g/mol. The van der Waals surface area contributed by atoms with Crippen molar-refractivity contribution in [3.8, 4) is 5.75 Å². The molecule has 2 N–H and O–H groups in total. The number of ether oxygens (including phenoxy) is 1. The Kier molecular flexibility index (Phi) is 3.70. The molecule has 1 rings (SSSR count). The molecule has 88 valence electrons. The van der Waals surface area contributed by atoms with Crippen molar-refractivity contribution in [2.45, 2.75) is 32.2 Å². The molecule has 16 heavy (non-hydrogen) atoms. The van der Waals surface area contributed by atoms with Crippen molar-refractivity contribution in [3.05, 3.63) is 29.3 Å². The lowest BCUT2D eigenvalue weighted by Gasteiger charge is -2.23. The van der Waals surface area contributed by atoms with Gasteiger partial charge in [-0.15, -0.1) is 0 Å². The molecule has 0 heterocycles. The van der Waals surface area contributed by atoms with Crippen LogP contribution in [0.3, 0.4) is 0 Å². The van der Waals surface area contributed by atoms with Crippen molar-refractivity contribution in [1.29, 1.82) is 0 Å². The van der Waals surface area contributed by atoms with Gasteiger partial charge in [-0.1, -0.05) is 26.8 Å². The van der Waals surface area contributed by atoms with Gasteiger partial charge >= 0.3 is 0 Å². The van der Waals surface area contributed by atoms with Gasteiger partial charge in [0.25, 0.3) is 0 Å². The number of benzene rings is 1. The molecule has 3 nitrogen and oxygen atoms in total. The summed E-state index contributed by atoms with van der Waals surface area (Å²) in [4.78, 5) is 10.7. The molecule has 0 radical (unpaired) electrons. The lowest BCUT2D eigenvalue weighted by molar-refractivity contribution is -0.109. The number of carbonyl (C=O) groups excluding carboxylic acids is 1. The Balaban J connectivity index is 3.27. The zero-order valence-electron chi connectivity index (χ0n) is 10.3. The van der Waals surface area contributed by atoms with E-state index >= 15 is 0 Å². The topological polar surface area (TPSA) is 52.3 Å². The largest absolute Gasteiger partial charge is 0.496 e. The quantitative estimate of drug-likeness (QED) is 0.796. The van der Waals surface area contributed by atoms with Gasteiger partial charge in [-0.3, -0.25) is 0 Å². The molecule has 0 aliphatic carbocycles. The first-order chi connectivity index (χ1) is 7.40. The minimum absolute atomic E-state index is 0.0377. The molecular formula is C13H19NO2. The Morgan fingerprint density at radius 2 is 2.00 bits per heavy atom. The first-order valence-electron chi connectivity index (χ1n) is 5.29. The molecule has 0 amide bonds. The first kappa shape index (κ1) is 12.7. The van der Waals surface area contributed by atoms with Crippen LogP contribution in [0.4, 0.5) is 0 Å². The fraction of sp³-hybridized carbons (Fsp3) is 0.462. The smallest absolute Gasteiger partial charge is 0.141 e. The maximum absolute atomic E-state index is 10.7. The van der Waals surface area contributed by atoms with Gasteiger partial charge in [0.05, 0.1) is 13.2 Å². The van der Waals surface area contributed by atoms with Gasteiger partial charge in [-0.25, -0.2) is 0 Å². The van der Waals surface area contributed by atoms with E-state index in [-0.39, 0.29) is 5.41 Å². The van der Waals surface area contributed by atoms with E-state index in [0.29, 0.717) is 0 Å². The highest BCUT2D eigenvalue weighted by atomic mass is 16.5. The third-order valence-corrected chi connectivity index (χ3v) is 2.56. The Bertz CT molecular complexity index is 380. The number of nitrogens with two attached hydrogens (primary N) is 1. The van der Waals surface area contributed by atoms with Crippen molar-refractivity contribution < 1.29 is 9.53 Å². The van der Waals surface area contributed by atoms with E-state index < -0.39 is 6.04 Å². The molecule has 0 saturated heterocycles. The number of rotatable bonds is 3. The van der Waals surface area contributed by atoms with Crippen LogP contribution in [0, 0.1) is 0 Å². The number of aldehydes is 1. The molecular weight excluding hydrogens is 202 g/mol. The zero-order chi connectivity index (χ0) is 12.3. The van der Waals surface area contributed by atoms with Crippen LogP contribution in [0.25, 0.3) is 0 Å². The summed E-state index contributed by atoms with van der Waals surface area (Å²) < 4.78 is 5.31. The second kappa shape index (κ2) is 4.66. The van der Waals surface area contributed by atoms with Gasteiger partial charge in [0, 0.05) is 0 Å². The molecule has 1 unspecified atom stereocenters. The minimum Gasteiger partial charge on any atom is -0.496 e. The standard InChI is InChI=1S/C13H19NO2/c1-13(2,3)10-7-9(11(14)8-15)5-6-12(10)16-4/h5-8,11H,14H2,1-4H3. The summed E-state index contributed by atoms with van der Waals surface area (Å²) in [6, 6.07) is 5.07. The summed E-state index contributed by atoms with van der Waals surface area (Å²) in [5.41, 5.74) is 7.53. The first-order valence-corrected chi connectivity index (χ1v) is 5.29. The summed E-state index contributed by atoms with van der Waals surface area (Å²) in [5.74, 6) is 0.828. The molecule has 0 aliphatic rings. The minimum atomic E-state index is -0.563. The van der Waals surface area contributed by atoms with Crippen molar-refractivity contribution in [2.75, 3.05) is 7.11 Å². The van der Waals surface area contributed by atoms with Crippen LogP contribution in [-0.2, 0) is 10.2 Å². The predicted molar refractivity (Wildman–Crippen MR) is 64.7 cm³/mol. The maximum Gasteiger partial charge on any atom is 0.141 e. The van der Waals surface area contributed by atoms with E-state index in [4.69, 9.17) is 10.5 Å². The van der Waals surface area contributed by atoms with Gasteiger partial charge in [0.1, 0.15) is 12.0 Å². The second-order valence-corrected chi connectivity index (χ2v) is 4.87. The van der Waals surface area contributed by atoms with Gasteiger partial charge in [0.2, 0.25) is 0 Å². The third kappa shape index (κ3) is 2.61. The summed E-state index contributed by atoms with van der Waals surface area (Å²) in [6.07, 6.45) is 0.744. The number of hydrogen-bond donors (Lipinski definition) is 1. The SMILES string of the molecule is COc1ccc(C(N)C=O)cc1C(C)(C)C. The lowest BCUT2D eigenvalue weighted by Crippen LogP contribution is -2.16. The summed E-state index contributed by atoms with van der Waals surface area (Å²) in [7, 11) is 1.64. The average Bonchev–Trinajstić information content (AvgIpc) is 2.26. The third-order valence-electron chi connectivity index (χ3n) is 2.56. The maximum atomic E-state index is 10.7. The Morgan fingerprint density at radius 3 is 2.44 bits per heavy atom. The van der Waals surface area contributed by atoms with Crippen LogP contribution in [0.15, 0.2) is 18.2 Å². The Labute approximate surface area is 96.6 Å². The van der Waals surface area contributed by atoms with Crippen LogP contribution >= 0.6 is 0 Å². The van der Waals surface area contributed by atoms with Gasteiger partial charge in [-0.2, -0.15) is 0 Å². The van der Waals surface area contributed by atoms with E-state index in [2.05, 4.69) is 20.8 Å². The lowest BCUT2D eigenvalue weighted by atomic mass is 9.84. The molecule has 0 bridgehead atoms. The molecule has 0 aliphatic heterocycles. The molecule has 1 atom stereocenters. The molecule has 0 spiro atoms. The fourth-order valence-corrected chi connectivity index (χ4v) is 1.60. The van der Waals surface area contributed by atoms with Crippen LogP contribution < -0.4 is 10.5 Å². The molecule has 1 aromatic rings. The fourth-order valence-electron chi connectivity index (χ4n) is 1.60. The van der Waals surface area contributed by atoms with E-state index in [1.54, 1.807) is 7.11 Å². The number of methoxy groups -OCH3 is 1. The van der Waals surface area contributed by atoms with Crippen molar-refractivity contribution in [2.24, 2.45) is 5.73 Å². The number of hydrogen-bond acceptors (Lipinski definition) is 3. The highest BCUT2D eigenvalue weighted by Gasteiger charge is 2.20. The van der Waals surface area contributed by atoms with Crippen molar-refractivity contribution in [1.82, 2.24) is 0 Å². The molecule has 0 aromatic heterocycles. The van der Waals surface area contributed by atoms with E-state index in [1.165, 1.54) is 0 Å². The van der Waals surface area contributed by atoms with Crippen LogP contribution in [-0.4, -0.2) is 13.4 Å². The summed E-state index contributed by atoms with van der Waals surface area (Å²) >= 11 is 0. The number of carbonyl (C=O) groups is 1. The zero-order valence-corrected chi connectivity index (χ0v) is 10.3. The highest BCUT2D eigenvalue weighted by molar-refractivity contribution is 5.62. The van der Waals surface area contributed by atoms with Crippen molar-refractivity contribution >= 4 is 6.29 Å². The Morgan fingerprint density at radius 1 is 1.38 bits per heavy atom. The molecule has 0 saturated carbocycles. The summed E-state index contributed by atoms with van der Waals surface area (Å²) in [5, 5.41) is 0. The molecule has 0 fully saturated rings. The van der Waals surface area contributed by atoms with Gasteiger partial charge in [-0.05, 0) is 28.7 Å². The Hall–Kier alpha value is -1.35. The van der Waals surface area contributed by atoms with Crippen molar-refractivity contribution in [3.63, 3.8) is 0 Å². The van der Waals surface area contributed by atoms with E-state index in [0.717, 1.165) is 23.2 Å². The average molecular weight is 221 g/mol. The predicted octanol–water partition coefficient (Wildman–Crippen LogP) is 2.19. The highest BCUT2D eigenvalue weighted by Crippen LogP contribution is 2.32. The van der Waals surface area contributed by atoms with Crippen LogP contribution in [0.5, 0.6) is 5.75 Å². The van der Waals surface area contributed by atoms with Crippen LogP contribution in [0.1, 0.15) is 37.9 Å². The molecule has 1 aromatic carbocycles. The summed E-state index contributed by atoms with van der Waals surface area (Å²) in [6.45, 7) is 6.29. The van der Waals surface area contributed by atoms with E-state index in [9.17, 15) is 4.79 Å².